The molecule has 2 N–H and O–H groups in total. The van der Waals surface area contributed by atoms with Crippen molar-refractivity contribution in [3.8, 4) is 11.6 Å². The van der Waals surface area contributed by atoms with Crippen LogP contribution in [0.15, 0.2) is 27.3 Å². The highest BCUT2D eigenvalue weighted by Gasteiger charge is 2.22. The Hall–Kier alpha value is -1.62. The minimum absolute atomic E-state index is 0.00472. The van der Waals surface area contributed by atoms with E-state index < -0.39 is 0 Å². The molecule has 5 nitrogen and oxygen atoms in total. The van der Waals surface area contributed by atoms with Gasteiger partial charge in [0.2, 0.25) is 11.7 Å². The predicted octanol–water partition coefficient (Wildman–Crippen LogP) is 2.17. The van der Waals surface area contributed by atoms with Crippen LogP contribution in [0.25, 0.3) is 11.6 Å². The van der Waals surface area contributed by atoms with Crippen LogP contribution in [0.2, 0.25) is 0 Å². The van der Waals surface area contributed by atoms with E-state index in [2.05, 4.69) is 10.1 Å². The van der Waals surface area contributed by atoms with Gasteiger partial charge in [-0.3, -0.25) is 0 Å². The largest absolute Gasteiger partial charge is 0.461 e. The molecule has 2 heterocycles. The molecular weight excluding hydrogens is 206 g/mol. The van der Waals surface area contributed by atoms with Crippen molar-refractivity contribution >= 4 is 0 Å². The lowest BCUT2D eigenvalue weighted by molar-refractivity contribution is 0.333. The second-order valence-electron chi connectivity index (χ2n) is 3.81. The first kappa shape index (κ1) is 10.9. The Bertz CT molecular complexity index is 434. The molecule has 0 aromatic carbocycles. The summed E-state index contributed by atoms with van der Waals surface area (Å²) in [6.45, 7) is 3.98. The Kier molecular flexibility index (Phi) is 3.05. The van der Waals surface area contributed by atoms with Crippen molar-refractivity contribution < 1.29 is 8.94 Å². The Morgan fingerprint density at radius 1 is 1.50 bits per heavy atom. The molecule has 0 amide bonds. The van der Waals surface area contributed by atoms with Gasteiger partial charge in [0.15, 0.2) is 5.76 Å². The molecule has 0 bridgehead atoms. The van der Waals surface area contributed by atoms with Gasteiger partial charge >= 0.3 is 0 Å². The normalized spacial score (nSPS) is 14.9. The second kappa shape index (κ2) is 4.49. The zero-order valence-electron chi connectivity index (χ0n) is 9.38. The summed E-state index contributed by atoms with van der Waals surface area (Å²) in [5.41, 5.74) is 5.86. The van der Waals surface area contributed by atoms with Gasteiger partial charge < -0.3 is 14.7 Å². The van der Waals surface area contributed by atoms with Gasteiger partial charge in [-0.15, -0.1) is 0 Å². The van der Waals surface area contributed by atoms with Gasteiger partial charge in [0, 0.05) is 6.04 Å². The van der Waals surface area contributed by atoms with Crippen LogP contribution >= 0.6 is 0 Å². The Morgan fingerprint density at radius 3 is 2.88 bits per heavy atom. The van der Waals surface area contributed by atoms with E-state index >= 15 is 0 Å². The van der Waals surface area contributed by atoms with Crippen LogP contribution < -0.4 is 5.73 Å². The first-order chi connectivity index (χ1) is 7.72. The smallest absolute Gasteiger partial charge is 0.238 e. The Labute approximate surface area is 93.6 Å². The molecule has 5 heteroatoms. The highest BCUT2D eigenvalue weighted by Crippen LogP contribution is 2.23. The summed E-state index contributed by atoms with van der Waals surface area (Å²) in [6.07, 6.45) is 2.45. The topological polar surface area (TPSA) is 78.1 Å². The molecule has 2 atom stereocenters. The first-order valence-corrected chi connectivity index (χ1v) is 5.35. The highest BCUT2D eigenvalue weighted by atomic mass is 16.5. The summed E-state index contributed by atoms with van der Waals surface area (Å²) in [5, 5.41) is 3.87. The molecule has 0 fully saturated rings. The van der Waals surface area contributed by atoms with Gasteiger partial charge in [-0.05, 0) is 25.5 Å². The van der Waals surface area contributed by atoms with Crippen molar-refractivity contribution in [1.82, 2.24) is 10.1 Å². The maximum absolute atomic E-state index is 5.86. The van der Waals surface area contributed by atoms with Crippen LogP contribution in [-0.2, 0) is 0 Å². The van der Waals surface area contributed by atoms with Crippen LogP contribution in [0.5, 0.6) is 0 Å². The van der Waals surface area contributed by atoms with Gasteiger partial charge in [0.25, 0.3) is 0 Å². The van der Waals surface area contributed by atoms with Crippen molar-refractivity contribution in [2.24, 2.45) is 5.73 Å². The van der Waals surface area contributed by atoms with Crippen LogP contribution in [0.4, 0.5) is 0 Å². The van der Waals surface area contributed by atoms with E-state index in [-0.39, 0.29) is 12.0 Å². The minimum Gasteiger partial charge on any atom is -0.461 e. The molecule has 0 spiro atoms. The third-order valence-electron chi connectivity index (χ3n) is 2.57. The van der Waals surface area contributed by atoms with Crippen molar-refractivity contribution in [2.75, 3.05) is 0 Å². The first-order valence-electron chi connectivity index (χ1n) is 5.35. The second-order valence-corrected chi connectivity index (χ2v) is 3.81. The predicted molar refractivity (Wildman–Crippen MR) is 58.7 cm³/mol. The summed E-state index contributed by atoms with van der Waals surface area (Å²) in [4.78, 5) is 4.29. The summed E-state index contributed by atoms with van der Waals surface area (Å²) in [5.74, 6) is 1.74. The quantitative estimate of drug-likeness (QED) is 0.856. The maximum Gasteiger partial charge on any atom is 0.238 e. The lowest BCUT2D eigenvalue weighted by Crippen LogP contribution is -2.24. The Balaban J connectivity index is 2.25. The molecule has 16 heavy (non-hydrogen) atoms. The molecule has 0 aliphatic rings. The number of nitrogens with zero attached hydrogens (tertiary/aromatic N) is 2. The van der Waals surface area contributed by atoms with Gasteiger partial charge in [0.05, 0.1) is 12.2 Å². The average Bonchev–Trinajstić information content (AvgIpc) is 2.86. The van der Waals surface area contributed by atoms with E-state index in [1.54, 1.807) is 18.4 Å². The zero-order chi connectivity index (χ0) is 11.5. The van der Waals surface area contributed by atoms with E-state index in [0.29, 0.717) is 17.5 Å². The fraction of sp³-hybridized carbons (Fsp3) is 0.455. The molecule has 2 unspecified atom stereocenters. The standard InChI is InChI=1S/C11H15N3O2/c1-3-8(7(2)12)11-13-10(14-16-11)9-5-4-6-15-9/h4-8H,3,12H2,1-2H3. The number of furan rings is 1. The summed E-state index contributed by atoms with van der Waals surface area (Å²) in [6, 6.07) is 3.57. The molecule has 0 radical (unpaired) electrons. The van der Waals surface area contributed by atoms with Crippen LogP contribution in [0, 0.1) is 0 Å². The van der Waals surface area contributed by atoms with Crippen LogP contribution in [-0.4, -0.2) is 16.2 Å². The molecule has 2 aromatic rings. The minimum atomic E-state index is -0.00472. The molecule has 86 valence electrons. The molecule has 2 aromatic heterocycles. The van der Waals surface area contributed by atoms with Gasteiger partial charge in [0.1, 0.15) is 0 Å². The van der Waals surface area contributed by atoms with Gasteiger partial charge in [-0.1, -0.05) is 12.1 Å². The lowest BCUT2D eigenvalue weighted by atomic mass is 9.99. The van der Waals surface area contributed by atoms with Gasteiger partial charge in [-0.25, -0.2) is 0 Å². The van der Waals surface area contributed by atoms with Crippen molar-refractivity contribution in [3.63, 3.8) is 0 Å². The number of nitrogens with two attached hydrogens (primary N) is 1. The molecule has 0 saturated carbocycles. The van der Waals surface area contributed by atoms with Crippen molar-refractivity contribution in [3.05, 3.63) is 24.3 Å². The third-order valence-corrected chi connectivity index (χ3v) is 2.57. The number of hydrogen-bond donors (Lipinski definition) is 1. The number of hydrogen-bond acceptors (Lipinski definition) is 5. The summed E-state index contributed by atoms with van der Waals surface area (Å²) in [7, 11) is 0. The fourth-order valence-electron chi connectivity index (χ4n) is 1.66. The highest BCUT2D eigenvalue weighted by molar-refractivity contribution is 5.44. The van der Waals surface area contributed by atoms with Crippen molar-refractivity contribution in [1.29, 1.82) is 0 Å². The van der Waals surface area contributed by atoms with Crippen LogP contribution in [0.3, 0.4) is 0 Å². The van der Waals surface area contributed by atoms with E-state index in [1.807, 2.05) is 13.8 Å². The molecule has 0 aliphatic carbocycles. The summed E-state index contributed by atoms with van der Waals surface area (Å²) < 4.78 is 10.4. The van der Waals surface area contributed by atoms with Crippen molar-refractivity contribution in [2.45, 2.75) is 32.2 Å². The lowest BCUT2D eigenvalue weighted by Gasteiger charge is -2.13. The van der Waals surface area contributed by atoms with Gasteiger partial charge in [-0.2, -0.15) is 4.98 Å². The molecular formula is C11H15N3O2. The number of rotatable bonds is 4. The third kappa shape index (κ3) is 1.99. The zero-order valence-corrected chi connectivity index (χ0v) is 9.38. The van der Waals surface area contributed by atoms with E-state index in [9.17, 15) is 0 Å². The monoisotopic (exact) mass is 221 g/mol. The fourth-order valence-corrected chi connectivity index (χ4v) is 1.66. The average molecular weight is 221 g/mol. The van der Waals surface area contributed by atoms with E-state index in [4.69, 9.17) is 14.7 Å². The maximum atomic E-state index is 5.86. The van der Waals surface area contributed by atoms with Crippen LogP contribution in [0.1, 0.15) is 32.1 Å². The van der Waals surface area contributed by atoms with E-state index in [0.717, 1.165) is 6.42 Å². The van der Waals surface area contributed by atoms with E-state index in [1.165, 1.54) is 0 Å². The number of aromatic nitrogens is 2. The SMILES string of the molecule is CCC(c1nc(-c2ccco2)no1)C(C)N. The summed E-state index contributed by atoms with van der Waals surface area (Å²) >= 11 is 0. The Morgan fingerprint density at radius 2 is 2.31 bits per heavy atom. The molecule has 2 rings (SSSR count). The molecule has 0 aliphatic heterocycles. The molecule has 0 saturated heterocycles.